The smallest absolute Gasteiger partial charge is 0.196 e. The summed E-state index contributed by atoms with van der Waals surface area (Å²) >= 11 is 3.26. The van der Waals surface area contributed by atoms with E-state index in [0.717, 1.165) is 38.9 Å². The molecular weight excluding hydrogens is 374 g/mol. The molecule has 0 aliphatic carbocycles. The Morgan fingerprint density at radius 2 is 1.78 bits per heavy atom. The summed E-state index contributed by atoms with van der Waals surface area (Å²) in [5, 5.41) is 15.8. The fourth-order valence-electron chi connectivity index (χ4n) is 2.74. The van der Waals surface area contributed by atoms with Gasteiger partial charge in [-0.05, 0) is 37.6 Å². The largest absolute Gasteiger partial charge is 0.332 e. The maximum absolute atomic E-state index is 4.68. The molecule has 0 saturated carbocycles. The second kappa shape index (κ2) is 7.94. The Morgan fingerprint density at radius 3 is 2.59 bits per heavy atom. The van der Waals surface area contributed by atoms with Gasteiger partial charge in [0.15, 0.2) is 10.3 Å². The Morgan fingerprint density at radius 1 is 1.00 bits per heavy atom. The van der Waals surface area contributed by atoms with Crippen LogP contribution in [0.5, 0.6) is 0 Å². The Kier molecular flexibility index (Phi) is 5.22. The van der Waals surface area contributed by atoms with E-state index in [0.29, 0.717) is 0 Å². The summed E-state index contributed by atoms with van der Waals surface area (Å²) in [6.45, 7) is 4.08. The summed E-state index contributed by atoms with van der Waals surface area (Å²) in [5.74, 6) is 1.63. The molecule has 0 bridgehead atoms. The molecule has 0 unspecified atom stereocenters. The van der Waals surface area contributed by atoms with Crippen LogP contribution in [0.4, 0.5) is 10.8 Å². The van der Waals surface area contributed by atoms with Crippen molar-refractivity contribution in [3.8, 4) is 5.69 Å². The van der Waals surface area contributed by atoms with Crippen LogP contribution in [-0.2, 0) is 5.75 Å². The number of anilines is 2. The summed E-state index contributed by atoms with van der Waals surface area (Å²) < 4.78 is 2.11. The van der Waals surface area contributed by atoms with Gasteiger partial charge in [-0.2, -0.15) is 0 Å². The molecule has 0 amide bonds. The quantitative estimate of drug-likeness (QED) is 0.446. The molecule has 0 aliphatic heterocycles. The average Bonchev–Trinajstić information content (AvgIpc) is 3.28. The first-order chi connectivity index (χ1) is 13.2. The predicted molar refractivity (Wildman–Crippen MR) is 112 cm³/mol. The van der Waals surface area contributed by atoms with E-state index in [1.807, 2.05) is 49.4 Å². The number of hydrogen-bond donors (Lipinski definition) is 1. The summed E-state index contributed by atoms with van der Waals surface area (Å²) in [5.41, 5.74) is 4.39. The van der Waals surface area contributed by atoms with Gasteiger partial charge in [-0.25, -0.2) is 4.98 Å². The molecule has 0 saturated heterocycles. The minimum Gasteiger partial charge on any atom is -0.332 e. The highest BCUT2D eigenvalue weighted by Gasteiger charge is 2.14. The third-order valence-electron chi connectivity index (χ3n) is 4.08. The van der Waals surface area contributed by atoms with Gasteiger partial charge in [-0.3, -0.25) is 4.57 Å². The van der Waals surface area contributed by atoms with Gasteiger partial charge < -0.3 is 5.32 Å². The van der Waals surface area contributed by atoms with Crippen LogP contribution >= 0.6 is 23.1 Å². The van der Waals surface area contributed by atoms with Crippen LogP contribution in [0.25, 0.3) is 5.69 Å². The van der Waals surface area contributed by atoms with Crippen LogP contribution in [0.1, 0.15) is 17.1 Å². The highest BCUT2D eigenvalue weighted by atomic mass is 32.2. The van der Waals surface area contributed by atoms with Gasteiger partial charge in [-0.15, -0.1) is 21.5 Å². The topological polar surface area (TPSA) is 55.6 Å². The number of thioether (sulfide) groups is 1. The number of benzene rings is 2. The fraction of sp³-hybridized carbons (Fsp3) is 0.150. The molecule has 2 heterocycles. The highest BCUT2D eigenvalue weighted by Crippen LogP contribution is 2.28. The third kappa shape index (κ3) is 4.04. The number of rotatable bonds is 6. The van der Waals surface area contributed by atoms with Gasteiger partial charge in [0.25, 0.3) is 0 Å². The van der Waals surface area contributed by atoms with Gasteiger partial charge >= 0.3 is 0 Å². The maximum atomic E-state index is 4.68. The minimum absolute atomic E-state index is 0.747. The maximum Gasteiger partial charge on any atom is 0.196 e. The SMILES string of the molecule is Cc1ccccc1-n1c(C)nnc1SCc1csc(Nc2ccccc2)n1. The van der Waals surface area contributed by atoms with E-state index in [4.69, 9.17) is 0 Å². The Hall–Kier alpha value is -2.64. The van der Waals surface area contributed by atoms with Crippen LogP contribution in [0, 0.1) is 13.8 Å². The lowest BCUT2D eigenvalue weighted by atomic mass is 10.2. The number of aromatic nitrogens is 4. The Balaban J connectivity index is 1.48. The molecule has 4 rings (SSSR count). The summed E-state index contributed by atoms with van der Waals surface area (Å²) in [6, 6.07) is 18.4. The van der Waals surface area contributed by atoms with Gasteiger partial charge in [0, 0.05) is 16.8 Å². The van der Waals surface area contributed by atoms with Crippen molar-refractivity contribution in [1.82, 2.24) is 19.7 Å². The highest BCUT2D eigenvalue weighted by molar-refractivity contribution is 7.98. The lowest BCUT2D eigenvalue weighted by Gasteiger charge is -2.10. The number of aryl methyl sites for hydroxylation is 2. The molecule has 0 atom stereocenters. The monoisotopic (exact) mass is 393 g/mol. The molecular formula is C20H19N5S2. The molecule has 0 aliphatic rings. The van der Waals surface area contributed by atoms with Crippen LogP contribution in [0.3, 0.4) is 0 Å². The second-order valence-electron chi connectivity index (χ2n) is 6.08. The molecule has 1 N–H and O–H groups in total. The van der Waals surface area contributed by atoms with Crippen molar-refractivity contribution < 1.29 is 0 Å². The molecule has 4 aromatic rings. The first-order valence-electron chi connectivity index (χ1n) is 8.58. The fourth-order valence-corrected chi connectivity index (χ4v) is 4.46. The van der Waals surface area contributed by atoms with Crippen LogP contribution < -0.4 is 5.32 Å². The van der Waals surface area contributed by atoms with Crippen LogP contribution in [-0.4, -0.2) is 19.7 Å². The van der Waals surface area contributed by atoms with Gasteiger partial charge in [-0.1, -0.05) is 48.2 Å². The molecule has 136 valence electrons. The van der Waals surface area contributed by atoms with Crippen molar-refractivity contribution in [2.24, 2.45) is 0 Å². The first kappa shape index (κ1) is 17.8. The number of nitrogens with zero attached hydrogens (tertiary/aromatic N) is 4. The van der Waals surface area contributed by atoms with Crippen molar-refractivity contribution >= 4 is 33.9 Å². The number of para-hydroxylation sites is 2. The first-order valence-corrected chi connectivity index (χ1v) is 10.4. The third-order valence-corrected chi connectivity index (χ3v) is 5.85. The van der Waals surface area contributed by atoms with Crippen molar-refractivity contribution in [2.45, 2.75) is 24.8 Å². The van der Waals surface area contributed by atoms with E-state index in [-0.39, 0.29) is 0 Å². The van der Waals surface area contributed by atoms with E-state index in [1.165, 1.54) is 5.56 Å². The number of hydrogen-bond acceptors (Lipinski definition) is 6. The summed E-state index contributed by atoms with van der Waals surface area (Å²) in [6.07, 6.45) is 0. The molecule has 5 nitrogen and oxygen atoms in total. The zero-order chi connectivity index (χ0) is 18.6. The van der Waals surface area contributed by atoms with Crippen molar-refractivity contribution in [3.05, 3.63) is 77.1 Å². The van der Waals surface area contributed by atoms with Gasteiger partial charge in [0.2, 0.25) is 0 Å². The zero-order valence-corrected chi connectivity index (χ0v) is 16.7. The normalized spacial score (nSPS) is 10.9. The molecule has 0 radical (unpaired) electrons. The van der Waals surface area contributed by atoms with E-state index in [2.05, 4.69) is 49.5 Å². The molecule has 0 fully saturated rings. The van der Waals surface area contributed by atoms with Crippen LogP contribution in [0.15, 0.2) is 65.1 Å². The lowest BCUT2D eigenvalue weighted by Crippen LogP contribution is -2.01. The van der Waals surface area contributed by atoms with Gasteiger partial charge in [0.1, 0.15) is 5.82 Å². The van der Waals surface area contributed by atoms with Crippen molar-refractivity contribution in [1.29, 1.82) is 0 Å². The standard InChI is InChI=1S/C20H19N5S2/c1-14-8-6-7-11-18(14)25-15(2)23-24-20(25)27-13-17-12-26-19(22-17)21-16-9-4-3-5-10-16/h3-12H,13H2,1-2H3,(H,21,22). The summed E-state index contributed by atoms with van der Waals surface area (Å²) in [7, 11) is 0. The van der Waals surface area contributed by atoms with E-state index in [9.17, 15) is 0 Å². The molecule has 7 heteroatoms. The zero-order valence-electron chi connectivity index (χ0n) is 15.1. The van der Waals surface area contributed by atoms with E-state index in [1.54, 1.807) is 23.1 Å². The molecule has 2 aromatic heterocycles. The van der Waals surface area contributed by atoms with Gasteiger partial charge in [0.05, 0.1) is 11.4 Å². The van der Waals surface area contributed by atoms with Crippen molar-refractivity contribution in [2.75, 3.05) is 5.32 Å². The second-order valence-corrected chi connectivity index (χ2v) is 7.88. The number of thiazole rings is 1. The number of nitrogens with one attached hydrogen (secondary N) is 1. The van der Waals surface area contributed by atoms with Crippen LogP contribution in [0.2, 0.25) is 0 Å². The van der Waals surface area contributed by atoms with E-state index >= 15 is 0 Å². The predicted octanol–water partition coefficient (Wildman–Crippen LogP) is 5.38. The summed E-state index contributed by atoms with van der Waals surface area (Å²) in [4.78, 5) is 4.68. The Labute approximate surface area is 166 Å². The average molecular weight is 394 g/mol. The minimum atomic E-state index is 0.747. The Bertz CT molecular complexity index is 1040. The molecule has 0 spiro atoms. The van der Waals surface area contributed by atoms with E-state index < -0.39 is 0 Å². The van der Waals surface area contributed by atoms with Crippen molar-refractivity contribution in [3.63, 3.8) is 0 Å². The lowest BCUT2D eigenvalue weighted by molar-refractivity contribution is 0.861. The molecule has 27 heavy (non-hydrogen) atoms. The molecule has 2 aromatic carbocycles.